The second kappa shape index (κ2) is 6.58. The quantitative estimate of drug-likeness (QED) is 0.764. The minimum atomic E-state index is 0.378. The third-order valence-electron chi connectivity index (χ3n) is 3.88. The molecule has 0 aromatic carbocycles. The molecular weight excluding hydrogens is 246 g/mol. The summed E-state index contributed by atoms with van der Waals surface area (Å²) in [4.78, 5) is 2.46. The first-order valence-corrected chi connectivity index (χ1v) is 7.57. The Morgan fingerprint density at radius 3 is 2.61 bits per heavy atom. The molecule has 0 aliphatic carbocycles. The first-order valence-electron chi connectivity index (χ1n) is 7.13. The van der Waals surface area contributed by atoms with Crippen LogP contribution in [0.2, 0.25) is 0 Å². The number of aromatic nitrogens is 2. The molecular formula is C14H24ClN3. The standard InChI is InChI=1S/C14H24ClN3/c1-3-14(4-2)18-10-7-13(16-18)11-17-8-5-12(15)6-9-17/h7,10,12,14H,3-6,8-9,11H2,1-2H3. The molecule has 4 heteroatoms. The first kappa shape index (κ1) is 13.9. The average molecular weight is 270 g/mol. The Morgan fingerprint density at radius 1 is 1.33 bits per heavy atom. The van der Waals surface area contributed by atoms with Crippen LogP contribution in [-0.2, 0) is 6.54 Å². The summed E-state index contributed by atoms with van der Waals surface area (Å²) in [7, 11) is 0. The van der Waals surface area contributed by atoms with Gasteiger partial charge in [-0.2, -0.15) is 5.10 Å². The topological polar surface area (TPSA) is 21.1 Å². The molecule has 1 aliphatic heterocycles. The maximum atomic E-state index is 6.12. The highest BCUT2D eigenvalue weighted by molar-refractivity contribution is 6.20. The van der Waals surface area contributed by atoms with Crippen molar-refractivity contribution in [1.82, 2.24) is 14.7 Å². The number of rotatable bonds is 5. The van der Waals surface area contributed by atoms with Crippen LogP contribution < -0.4 is 0 Å². The minimum absolute atomic E-state index is 0.378. The van der Waals surface area contributed by atoms with Gasteiger partial charge in [0.1, 0.15) is 0 Å². The van der Waals surface area contributed by atoms with E-state index in [1.165, 1.54) is 5.69 Å². The van der Waals surface area contributed by atoms with Crippen molar-refractivity contribution in [3.8, 4) is 0 Å². The Labute approximate surface area is 115 Å². The predicted molar refractivity (Wildman–Crippen MR) is 76.0 cm³/mol. The predicted octanol–water partition coefficient (Wildman–Crippen LogP) is 3.45. The van der Waals surface area contributed by atoms with Crippen LogP contribution in [0.25, 0.3) is 0 Å². The van der Waals surface area contributed by atoms with Gasteiger partial charge in [-0.15, -0.1) is 11.6 Å². The van der Waals surface area contributed by atoms with Crippen LogP contribution in [0.5, 0.6) is 0 Å². The molecule has 102 valence electrons. The van der Waals surface area contributed by atoms with Crippen LogP contribution in [0.15, 0.2) is 12.3 Å². The van der Waals surface area contributed by atoms with Crippen LogP contribution in [0.4, 0.5) is 0 Å². The van der Waals surface area contributed by atoms with Gasteiger partial charge in [-0.1, -0.05) is 13.8 Å². The Bertz CT molecular complexity index is 352. The Hall–Kier alpha value is -0.540. The average Bonchev–Trinajstić information content (AvgIpc) is 2.82. The van der Waals surface area contributed by atoms with E-state index in [0.717, 1.165) is 45.3 Å². The molecule has 0 amide bonds. The second-order valence-corrected chi connectivity index (χ2v) is 5.83. The zero-order chi connectivity index (χ0) is 13.0. The first-order chi connectivity index (χ1) is 8.72. The molecule has 0 N–H and O–H groups in total. The zero-order valence-corrected chi connectivity index (χ0v) is 12.2. The van der Waals surface area contributed by atoms with E-state index in [4.69, 9.17) is 16.7 Å². The summed E-state index contributed by atoms with van der Waals surface area (Å²) in [5.41, 5.74) is 1.19. The fourth-order valence-corrected chi connectivity index (χ4v) is 2.81. The molecule has 1 aromatic rings. The molecule has 2 heterocycles. The molecule has 0 bridgehead atoms. The highest BCUT2D eigenvalue weighted by Crippen LogP contribution is 2.18. The van der Waals surface area contributed by atoms with Gasteiger partial charge in [0.25, 0.3) is 0 Å². The summed E-state index contributed by atoms with van der Waals surface area (Å²) in [5, 5.41) is 5.09. The van der Waals surface area contributed by atoms with Gasteiger partial charge in [-0.05, 0) is 44.8 Å². The van der Waals surface area contributed by atoms with Crippen LogP contribution in [0.3, 0.4) is 0 Å². The lowest BCUT2D eigenvalue weighted by molar-refractivity contribution is 0.220. The van der Waals surface area contributed by atoms with Gasteiger partial charge in [0.15, 0.2) is 0 Å². The SMILES string of the molecule is CCC(CC)n1ccc(CN2CCC(Cl)CC2)n1. The van der Waals surface area contributed by atoms with Gasteiger partial charge in [0, 0.05) is 18.1 Å². The van der Waals surface area contributed by atoms with Crippen LogP contribution in [0, 0.1) is 0 Å². The van der Waals surface area contributed by atoms with Crippen molar-refractivity contribution < 1.29 is 0 Å². The molecule has 0 unspecified atom stereocenters. The largest absolute Gasteiger partial charge is 0.297 e. The number of piperidine rings is 1. The van der Waals surface area contributed by atoms with Crippen LogP contribution >= 0.6 is 11.6 Å². The summed E-state index contributed by atoms with van der Waals surface area (Å²) in [6.07, 6.45) is 6.63. The zero-order valence-electron chi connectivity index (χ0n) is 11.5. The van der Waals surface area contributed by atoms with Crippen molar-refractivity contribution in [3.05, 3.63) is 18.0 Å². The smallest absolute Gasteiger partial charge is 0.0764 e. The van der Waals surface area contributed by atoms with Gasteiger partial charge in [-0.3, -0.25) is 9.58 Å². The van der Waals surface area contributed by atoms with Crippen molar-refractivity contribution in [1.29, 1.82) is 0 Å². The number of hydrogen-bond donors (Lipinski definition) is 0. The lowest BCUT2D eigenvalue weighted by Gasteiger charge is -2.28. The molecule has 1 aliphatic rings. The maximum Gasteiger partial charge on any atom is 0.0764 e. The van der Waals surface area contributed by atoms with Gasteiger partial charge in [0.05, 0.1) is 11.7 Å². The normalized spacial score (nSPS) is 18.7. The van der Waals surface area contributed by atoms with Crippen LogP contribution in [0.1, 0.15) is 51.3 Å². The van der Waals surface area contributed by atoms with Gasteiger partial charge in [0.2, 0.25) is 0 Å². The molecule has 18 heavy (non-hydrogen) atoms. The highest BCUT2D eigenvalue weighted by Gasteiger charge is 2.18. The Balaban J connectivity index is 1.90. The number of likely N-dealkylation sites (tertiary alicyclic amines) is 1. The van der Waals surface area contributed by atoms with Crippen molar-refractivity contribution >= 4 is 11.6 Å². The van der Waals surface area contributed by atoms with Crippen molar-refractivity contribution in [2.75, 3.05) is 13.1 Å². The summed E-state index contributed by atoms with van der Waals surface area (Å²) < 4.78 is 2.13. The van der Waals surface area contributed by atoms with Crippen molar-refractivity contribution in [2.24, 2.45) is 0 Å². The monoisotopic (exact) mass is 269 g/mol. The van der Waals surface area contributed by atoms with E-state index in [0.29, 0.717) is 11.4 Å². The summed E-state index contributed by atoms with van der Waals surface area (Å²) in [6.45, 7) is 7.62. The lowest BCUT2D eigenvalue weighted by atomic mass is 10.1. The highest BCUT2D eigenvalue weighted by atomic mass is 35.5. The Kier molecular flexibility index (Phi) is 5.07. The lowest BCUT2D eigenvalue weighted by Crippen LogP contribution is -2.33. The summed E-state index contributed by atoms with van der Waals surface area (Å²) >= 11 is 6.12. The fraction of sp³-hybridized carbons (Fsp3) is 0.786. The number of halogens is 1. The molecule has 0 saturated carbocycles. The van der Waals surface area contributed by atoms with E-state index < -0.39 is 0 Å². The van der Waals surface area contributed by atoms with Crippen LogP contribution in [-0.4, -0.2) is 33.1 Å². The molecule has 2 rings (SSSR count). The molecule has 3 nitrogen and oxygen atoms in total. The van der Waals surface area contributed by atoms with Crippen molar-refractivity contribution in [3.63, 3.8) is 0 Å². The molecule has 1 saturated heterocycles. The molecule has 1 aromatic heterocycles. The molecule has 0 atom stereocenters. The van der Waals surface area contributed by atoms with Gasteiger partial charge >= 0.3 is 0 Å². The van der Waals surface area contributed by atoms with E-state index in [-0.39, 0.29) is 0 Å². The maximum absolute atomic E-state index is 6.12. The number of nitrogens with zero attached hydrogens (tertiary/aromatic N) is 3. The molecule has 1 fully saturated rings. The van der Waals surface area contributed by atoms with Gasteiger partial charge < -0.3 is 0 Å². The number of alkyl halides is 1. The van der Waals surface area contributed by atoms with E-state index >= 15 is 0 Å². The molecule has 0 radical (unpaired) electrons. The third-order valence-corrected chi connectivity index (χ3v) is 4.32. The van der Waals surface area contributed by atoms with E-state index in [9.17, 15) is 0 Å². The van der Waals surface area contributed by atoms with Gasteiger partial charge in [-0.25, -0.2) is 0 Å². The third kappa shape index (κ3) is 3.48. The van der Waals surface area contributed by atoms with E-state index in [1.54, 1.807) is 0 Å². The number of hydrogen-bond acceptors (Lipinski definition) is 2. The minimum Gasteiger partial charge on any atom is -0.297 e. The van der Waals surface area contributed by atoms with Crippen molar-refractivity contribution in [2.45, 2.75) is 57.5 Å². The fourth-order valence-electron chi connectivity index (χ4n) is 2.62. The molecule has 0 spiro atoms. The second-order valence-electron chi connectivity index (χ2n) is 5.21. The summed E-state index contributed by atoms with van der Waals surface area (Å²) in [6, 6.07) is 2.71. The summed E-state index contributed by atoms with van der Waals surface area (Å²) in [5.74, 6) is 0. The Morgan fingerprint density at radius 2 is 2.00 bits per heavy atom. The van der Waals surface area contributed by atoms with E-state index in [2.05, 4.69) is 35.7 Å². The van der Waals surface area contributed by atoms with E-state index in [1.807, 2.05) is 0 Å².